The van der Waals surface area contributed by atoms with E-state index < -0.39 is 0 Å². The lowest BCUT2D eigenvalue weighted by Gasteiger charge is -2.05. The zero-order chi connectivity index (χ0) is 23.9. The molecule has 0 aliphatic heterocycles. The molecule has 0 saturated carbocycles. The quantitative estimate of drug-likeness (QED) is 0.248. The molecule has 0 saturated heterocycles. The minimum Gasteiger partial charge on any atom is -0.323 e. The Kier molecular flexibility index (Phi) is 6.63. The molecule has 4 aromatic carbocycles. The second-order valence-corrected chi connectivity index (χ2v) is 8.20. The molecule has 0 amide bonds. The van der Waals surface area contributed by atoms with Crippen molar-refractivity contribution in [3.63, 3.8) is 0 Å². The Morgan fingerprint density at radius 1 is 0.486 bits per heavy atom. The average Bonchev–Trinajstić information content (AvgIpc) is 3.35. The summed E-state index contributed by atoms with van der Waals surface area (Å²) in [7, 11) is 0. The maximum absolute atomic E-state index is 11.8. The Hall–Kier alpha value is -4.69. The molecular weight excluding hydrogens is 426 g/mol. The predicted molar refractivity (Wildman–Crippen MR) is 145 cm³/mol. The van der Waals surface area contributed by atoms with Crippen LogP contribution in [0.3, 0.4) is 0 Å². The SMILES string of the molecule is O=C(c1ccccc1)c1ccccc1.c1ccc(-c2cn3ccccc3c2-c2ccccc2)cc1. The second kappa shape index (κ2) is 10.5. The molecule has 2 aromatic heterocycles. The minimum atomic E-state index is 0.0752. The van der Waals surface area contributed by atoms with Crippen LogP contribution in [-0.4, -0.2) is 10.2 Å². The lowest BCUT2D eigenvalue weighted by atomic mass is 9.98. The van der Waals surface area contributed by atoms with Crippen molar-refractivity contribution in [3.8, 4) is 22.3 Å². The van der Waals surface area contributed by atoms with Crippen molar-refractivity contribution in [2.45, 2.75) is 0 Å². The molecule has 0 N–H and O–H groups in total. The molecule has 2 heteroatoms. The Balaban J connectivity index is 0.000000158. The van der Waals surface area contributed by atoms with Crippen LogP contribution in [0.4, 0.5) is 0 Å². The first-order chi connectivity index (χ1) is 17.3. The van der Waals surface area contributed by atoms with E-state index in [1.165, 1.54) is 27.8 Å². The summed E-state index contributed by atoms with van der Waals surface area (Å²) in [5, 5.41) is 0. The number of fused-ring (bicyclic) bond motifs is 1. The van der Waals surface area contributed by atoms with Gasteiger partial charge >= 0.3 is 0 Å². The first kappa shape index (κ1) is 22.1. The Bertz CT molecular complexity index is 1480. The average molecular weight is 452 g/mol. The number of aromatic nitrogens is 1. The van der Waals surface area contributed by atoms with E-state index in [0.29, 0.717) is 0 Å². The van der Waals surface area contributed by atoms with Crippen molar-refractivity contribution in [3.05, 3.63) is 163 Å². The van der Waals surface area contributed by atoms with Crippen molar-refractivity contribution < 1.29 is 4.79 Å². The Morgan fingerprint density at radius 3 is 1.49 bits per heavy atom. The fraction of sp³-hybridized carbons (Fsp3) is 0. The highest BCUT2D eigenvalue weighted by molar-refractivity contribution is 6.08. The maximum atomic E-state index is 11.8. The lowest BCUT2D eigenvalue weighted by Crippen LogP contribution is -1.99. The van der Waals surface area contributed by atoms with Gasteiger partial charge in [-0.2, -0.15) is 0 Å². The third-order valence-electron chi connectivity index (χ3n) is 5.90. The zero-order valence-electron chi connectivity index (χ0n) is 19.3. The third kappa shape index (κ3) is 4.97. The van der Waals surface area contributed by atoms with Crippen LogP contribution in [0.2, 0.25) is 0 Å². The summed E-state index contributed by atoms with van der Waals surface area (Å²) in [5.74, 6) is 0.0752. The third-order valence-corrected chi connectivity index (χ3v) is 5.90. The smallest absolute Gasteiger partial charge is 0.193 e. The van der Waals surface area contributed by atoms with Crippen molar-refractivity contribution in [2.75, 3.05) is 0 Å². The van der Waals surface area contributed by atoms with Crippen molar-refractivity contribution in [1.29, 1.82) is 0 Å². The summed E-state index contributed by atoms with van der Waals surface area (Å²) in [6.07, 6.45) is 4.32. The van der Waals surface area contributed by atoms with Gasteiger partial charge in [0.15, 0.2) is 5.78 Å². The molecule has 168 valence electrons. The van der Waals surface area contributed by atoms with E-state index in [4.69, 9.17) is 0 Å². The number of ketones is 1. The summed E-state index contributed by atoms with van der Waals surface area (Å²) in [4.78, 5) is 11.8. The molecule has 6 aromatic rings. The highest BCUT2D eigenvalue weighted by Crippen LogP contribution is 2.36. The van der Waals surface area contributed by atoms with Crippen LogP contribution in [0.25, 0.3) is 27.8 Å². The normalized spacial score (nSPS) is 10.4. The molecule has 0 aliphatic carbocycles. The highest BCUT2D eigenvalue weighted by atomic mass is 16.1. The van der Waals surface area contributed by atoms with E-state index in [-0.39, 0.29) is 5.78 Å². The van der Waals surface area contributed by atoms with Gasteiger partial charge in [-0.1, -0.05) is 127 Å². The van der Waals surface area contributed by atoms with E-state index in [1.54, 1.807) is 0 Å². The Labute approximate surface area is 205 Å². The highest BCUT2D eigenvalue weighted by Gasteiger charge is 2.13. The number of carbonyl (C=O) groups excluding carboxylic acids is 1. The van der Waals surface area contributed by atoms with Crippen LogP contribution in [0, 0.1) is 0 Å². The summed E-state index contributed by atoms with van der Waals surface area (Å²) in [6.45, 7) is 0. The molecule has 0 radical (unpaired) electrons. The number of benzene rings is 4. The van der Waals surface area contributed by atoms with Gasteiger partial charge in [-0.25, -0.2) is 0 Å². The molecule has 2 nitrogen and oxygen atoms in total. The van der Waals surface area contributed by atoms with Gasteiger partial charge < -0.3 is 4.40 Å². The molecule has 0 aliphatic rings. The fourth-order valence-electron chi connectivity index (χ4n) is 4.21. The predicted octanol–water partition coefficient (Wildman–Crippen LogP) is 8.19. The minimum absolute atomic E-state index is 0.0752. The standard InChI is InChI=1S/C20H15N.C13H10O/c1-3-9-16(10-4-1)18-15-21-14-8-7-13-19(21)20(18)17-11-5-2-6-12-17;14-13(11-7-3-1-4-8-11)12-9-5-2-6-10-12/h1-15H;1-10H. The first-order valence-corrected chi connectivity index (χ1v) is 11.7. The van der Waals surface area contributed by atoms with Crippen molar-refractivity contribution >= 4 is 11.3 Å². The number of hydrogen-bond donors (Lipinski definition) is 0. The van der Waals surface area contributed by atoms with Crippen LogP contribution in [0.15, 0.2) is 152 Å². The molecule has 0 spiro atoms. The molecule has 0 fully saturated rings. The van der Waals surface area contributed by atoms with Gasteiger partial charge in [0.25, 0.3) is 0 Å². The summed E-state index contributed by atoms with van der Waals surface area (Å²) in [6, 6.07) is 46.1. The number of carbonyl (C=O) groups is 1. The molecular formula is C33H25NO. The largest absolute Gasteiger partial charge is 0.323 e. The van der Waals surface area contributed by atoms with Gasteiger partial charge in [0.05, 0.1) is 5.52 Å². The second-order valence-electron chi connectivity index (χ2n) is 8.20. The first-order valence-electron chi connectivity index (χ1n) is 11.7. The summed E-state index contributed by atoms with van der Waals surface area (Å²) in [5.41, 5.74) is 7.78. The number of hydrogen-bond acceptors (Lipinski definition) is 1. The van der Waals surface area contributed by atoms with Crippen LogP contribution >= 0.6 is 0 Å². The summed E-state index contributed by atoms with van der Waals surface area (Å²) < 4.78 is 2.20. The molecule has 2 heterocycles. The molecule has 35 heavy (non-hydrogen) atoms. The number of pyridine rings is 1. The van der Waals surface area contributed by atoms with E-state index in [0.717, 1.165) is 11.1 Å². The van der Waals surface area contributed by atoms with Gasteiger partial charge in [0.1, 0.15) is 0 Å². The van der Waals surface area contributed by atoms with Crippen LogP contribution in [-0.2, 0) is 0 Å². The molecule has 6 rings (SSSR count). The van der Waals surface area contributed by atoms with Crippen LogP contribution in [0.5, 0.6) is 0 Å². The van der Waals surface area contributed by atoms with Crippen LogP contribution < -0.4 is 0 Å². The molecule has 0 unspecified atom stereocenters. The fourth-order valence-corrected chi connectivity index (χ4v) is 4.21. The lowest BCUT2D eigenvalue weighted by molar-refractivity contribution is 0.103. The van der Waals surface area contributed by atoms with Gasteiger partial charge in [0, 0.05) is 34.6 Å². The summed E-state index contributed by atoms with van der Waals surface area (Å²) >= 11 is 0. The van der Waals surface area contributed by atoms with Gasteiger partial charge in [-0.05, 0) is 23.3 Å². The number of rotatable bonds is 4. The monoisotopic (exact) mass is 451 g/mol. The van der Waals surface area contributed by atoms with E-state index in [1.807, 2.05) is 60.7 Å². The topological polar surface area (TPSA) is 21.5 Å². The molecule has 0 atom stereocenters. The van der Waals surface area contributed by atoms with Crippen molar-refractivity contribution in [2.24, 2.45) is 0 Å². The van der Waals surface area contributed by atoms with Gasteiger partial charge in [0.2, 0.25) is 0 Å². The van der Waals surface area contributed by atoms with E-state index in [9.17, 15) is 4.79 Å². The van der Waals surface area contributed by atoms with Crippen LogP contribution in [0.1, 0.15) is 15.9 Å². The zero-order valence-corrected chi connectivity index (χ0v) is 19.3. The van der Waals surface area contributed by atoms with E-state index in [2.05, 4.69) is 95.7 Å². The Morgan fingerprint density at radius 2 is 0.943 bits per heavy atom. The number of nitrogens with zero attached hydrogens (tertiary/aromatic N) is 1. The van der Waals surface area contributed by atoms with Gasteiger partial charge in [-0.3, -0.25) is 4.79 Å². The van der Waals surface area contributed by atoms with Crippen molar-refractivity contribution in [1.82, 2.24) is 4.40 Å². The van der Waals surface area contributed by atoms with E-state index >= 15 is 0 Å². The maximum Gasteiger partial charge on any atom is 0.193 e. The van der Waals surface area contributed by atoms with Gasteiger partial charge in [-0.15, -0.1) is 0 Å². The molecule has 0 bridgehead atoms.